The van der Waals surface area contributed by atoms with E-state index in [1.54, 1.807) is 20.8 Å². The fourth-order valence-corrected chi connectivity index (χ4v) is 3.70. The minimum atomic E-state index is -0.864. The van der Waals surface area contributed by atoms with Crippen molar-refractivity contribution in [1.82, 2.24) is 4.90 Å². The molecule has 2 aromatic rings. The van der Waals surface area contributed by atoms with Gasteiger partial charge >= 0.3 is 12.1 Å². The Morgan fingerprint density at radius 3 is 2.00 bits per heavy atom. The van der Waals surface area contributed by atoms with Crippen molar-refractivity contribution in [3.63, 3.8) is 0 Å². The second-order valence-electron chi connectivity index (χ2n) is 9.51. The van der Waals surface area contributed by atoms with Gasteiger partial charge in [-0.3, -0.25) is 9.59 Å². The lowest BCUT2D eigenvalue weighted by Gasteiger charge is -2.31. The molecule has 0 fully saturated rings. The lowest BCUT2D eigenvalue weighted by Crippen LogP contribution is -2.43. The number of esters is 1. The summed E-state index contributed by atoms with van der Waals surface area (Å²) in [6.07, 6.45) is 0.373. The molecule has 0 saturated heterocycles. The standard InChI is InChI=1S/C28H35NO6/c1-21(31)25(24(16-11-17-30)26(32)35-28(2,3)4)19-29(18-22-12-7-5-8-13-22)27(33)34-20-23-14-9-6-10-15-23/h5-10,12-15,17,24-25H,11,16,18-20H2,1-4H3. The van der Waals surface area contributed by atoms with Crippen LogP contribution in [-0.2, 0) is 37.0 Å². The van der Waals surface area contributed by atoms with E-state index in [4.69, 9.17) is 9.47 Å². The Kier molecular flexibility index (Phi) is 10.6. The first-order valence-corrected chi connectivity index (χ1v) is 11.8. The highest BCUT2D eigenvalue weighted by molar-refractivity contribution is 5.86. The molecular formula is C28H35NO6. The molecule has 0 radical (unpaired) electrons. The molecule has 2 aromatic carbocycles. The fraction of sp³-hybridized carbons (Fsp3) is 0.429. The Morgan fingerprint density at radius 2 is 1.49 bits per heavy atom. The van der Waals surface area contributed by atoms with Gasteiger partial charge in [0.15, 0.2) is 0 Å². The summed E-state index contributed by atoms with van der Waals surface area (Å²) in [4.78, 5) is 51.4. The molecule has 7 heteroatoms. The molecule has 0 saturated carbocycles. The molecule has 0 spiro atoms. The van der Waals surface area contributed by atoms with E-state index in [0.717, 1.165) is 11.1 Å². The molecule has 0 aliphatic carbocycles. The zero-order valence-corrected chi connectivity index (χ0v) is 20.9. The van der Waals surface area contributed by atoms with Crippen LogP contribution in [0.5, 0.6) is 0 Å². The summed E-state index contributed by atoms with van der Waals surface area (Å²) < 4.78 is 11.1. The summed E-state index contributed by atoms with van der Waals surface area (Å²) in [6, 6.07) is 18.6. The number of hydrogen-bond donors (Lipinski definition) is 0. The number of ether oxygens (including phenoxy) is 2. The van der Waals surface area contributed by atoms with Crippen molar-refractivity contribution >= 4 is 24.1 Å². The summed E-state index contributed by atoms with van der Waals surface area (Å²) in [7, 11) is 0. The minimum absolute atomic E-state index is 0.0411. The van der Waals surface area contributed by atoms with Gasteiger partial charge in [-0.1, -0.05) is 60.7 Å². The number of Topliss-reactive ketones (excluding diaryl/α,β-unsaturated/α-hetero) is 1. The zero-order chi connectivity index (χ0) is 25.8. The van der Waals surface area contributed by atoms with Crippen LogP contribution in [-0.4, -0.2) is 41.2 Å². The second kappa shape index (κ2) is 13.4. The van der Waals surface area contributed by atoms with Gasteiger partial charge in [-0.15, -0.1) is 0 Å². The summed E-state index contributed by atoms with van der Waals surface area (Å²) in [6.45, 7) is 6.86. The first-order valence-electron chi connectivity index (χ1n) is 11.8. The second-order valence-corrected chi connectivity index (χ2v) is 9.51. The van der Waals surface area contributed by atoms with Crippen molar-refractivity contribution in [2.45, 2.75) is 59.3 Å². The number of nitrogens with zero attached hydrogens (tertiary/aromatic N) is 1. The highest BCUT2D eigenvalue weighted by atomic mass is 16.6. The van der Waals surface area contributed by atoms with E-state index in [9.17, 15) is 19.2 Å². The van der Waals surface area contributed by atoms with E-state index < -0.39 is 29.5 Å². The van der Waals surface area contributed by atoms with Crippen molar-refractivity contribution in [3.05, 3.63) is 71.8 Å². The lowest BCUT2D eigenvalue weighted by molar-refractivity contribution is -0.164. The Balaban J connectivity index is 2.29. The molecule has 0 aliphatic heterocycles. The Labute approximate surface area is 207 Å². The lowest BCUT2D eigenvalue weighted by atomic mass is 9.85. The Morgan fingerprint density at radius 1 is 0.914 bits per heavy atom. The molecule has 2 unspecified atom stereocenters. The van der Waals surface area contributed by atoms with Crippen LogP contribution in [0.1, 0.15) is 51.7 Å². The van der Waals surface area contributed by atoms with E-state index >= 15 is 0 Å². The molecule has 0 bridgehead atoms. The van der Waals surface area contributed by atoms with E-state index in [1.165, 1.54) is 11.8 Å². The third kappa shape index (κ3) is 9.73. The predicted octanol–water partition coefficient (Wildman–Crippen LogP) is 4.97. The van der Waals surface area contributed by atoms with Crippen molar-refractivity contribution in [2.24, 2.45) is 11.8 Å². The molecule has 0 N–H and O–H groups in total. The Bertz CT molecular complexity index is 968. The highest BCUT2D eigenvalue weighted by Crippen LogP contribution is 2.25. The van der Waals surface area contributed by atoms with Crippen LogP contribution >= 0.6 is 0 Å². The monoisotopic (exact) mass is 481 g/mol. The van der Waals surface area contributed by atoms with Crippen LogP contribution in [0.25, 0.3) is 0 Å². The molecule has 2 atom stereocenters. The van der Waals surface area contributed by atoms with Gasteiger partial charge in [0.1, 0.15) is 24.3 Å². The number of amides is 1. The number of carbonyl (C=O) groups is 4. The molecule has 35 heavy (non-hydrogen) atoms. The summed E-state index contributed by atoms with van der Waals surface area (Å²) in [5, 5.41) is 0. The maximum absolute atomic E-state index is 13.1. The van der Waals surface area contributed by atoms with Crippen LogP contribution in [0, 0.1) is 11.8 Å². The first-order chi connectivity index (χ1) is 16.6. The van der Waals surface area contributed by atoms with Crippen LogP contribution in [0.3, 0.4) is 0 Å². The van der Waals surface area contributed by atoms with Gasteiger partial charge in [0.05, 0.1) is 5.92 Å². The number of benzene rings is 2. The molecule has 7 nitrogen and oxygen atoms in total. The van der Waals surface area contributed by atoms with Crippen LogP contribution in [0.15, 0.2) is 60.7 Å². The fourth-order valence-electron chi connectivity index (χ4n) is 3.70. The Hall–Kier alpha value is -3.48. The normalized spacial score (nSPS) is 12.8. The molecule has 0 aromatic heterocycles. The number of carbonyl (C=O) groups excluding carboxylic acids is 4. The summed E-state index contributed by atoms with van der Waals surface area (Å²) in [5.74, 6) is -2.53. The predicted molar refractivity (Wildman–Crippen MR) is 132 cm³/mol. The molecule has 188 valence electrons. The SMILES string of the molecule is CC(=O)C(CN(Cc1ccccc1)C(=O)OCc1ccccc1)C(CCC=O)C(=O)OC(C)(C)C. The van der Waals surface area contributed by atoms with Crippen molar-refractivity contribution in [2.75, 3.05) is 6.54 Å². The van der Waals surface area contributed by atoms with E-state index in [0.29, 0.717) is 6.29 Å². The van der Waals surface area contributed by atoms with Gasteiger partial charge in [-0.05, 0) is 45.2 Å². The zero-order valence-electron chi connectivity index (χ0n) is 20.9. The third-order valence-electron chi connectivity index (χ3n) is 5.41. The first kappa shape index (κ1) is 27.8. The number of aldehydes is 1. The van der Waals surface area contributed by atoms with Gasteiger partial charge in [-0.25, -0.2) is 4.79 Å². The largest absolute Gasteiger partial charge is 0.460 e. The smallest absolute Gasteiger partial charge is 0.410 e. The maximum Gasteiger partial charge on any atom is 0.410 e. The molecule has 0 heterocycles. The van der Waals surface area contributed by atoms with E-state index in [-0.39, 0.29) is 38.3 Å². The van der Waals surface area contributed by atoms with Crippen molar-refractivity contribution in [3.8, 4) is 0 Å². The van der Waals surface area contributed by atoms with Gasteiger partial charge in [0.2, 0.25) is 0 Å². The molecule has 2 rings (SSSR count). The van der Waals surface area contributed by atoms with Gasteiger partial charge in [0, 0.05) is 25.4 Å². The van der Waals surface area contributed by atoms with E-state index in [2.05, 4.69) is 0 Å². The number of rotatable bonds is 12. The van der Waals surface area contributed by atoms with E-state index in [1.807, 2.05) is 60.7 Å². The minimum Gasteiger partial charge on any atom is -0.460 e. The third-order valence-corrected chi connectivity index (χ3v) is 5.41. The van der Waals surface area contributed by atoms with Gasteiger partial charge in [0.25, 0.3) is 0 Å². The summed E-state index contributed by atoms with van der Waals surface area (Å²) in [5.41, 5.74) is 0.935. The van der Waals surface area contributed by atoms with Crippen LogP contribution in [0.4, 0.5) is 4.79 Å². The van der Waals surface area contributed by atoms with Gasteiger partial charge < -0.3 is 19.2 Å². The highest BCUT2D eigenvalue weighted by Gasteiger charge is 2.37. The molecule has 0 aliphatic rings. The molecule has 1 amide bonds. The maximum atomic E-state index is 13.1. The van der Waals surface area contributed by atoms with Crippen LogP contribution < -0.4 is 0 Å². The molecular weight excluding hydrogens is 446 g/mol. The van der Waals surface area contributed by atoms with Crippen LogP contribution in [0.2, 0.25) is 0 Å². The average Bonchev–Trinajstić information content (AvgIpc) is 2.81. The van der Waals surface area contributed by atoms with Crippen molar-refractivity contribution < 1.29 is 28.7 Å². The van der Waals surface area contributed by atoms with Crippen molar-refractivity contribution in [1.29, 1.82) is 0 Å². The van der Waals surface area contributed by atoms with Gasteiger partial charge in [-0.2, -0.15) is 0 Å². The number of ketones is 1. The summed E-state index contributed by atoms with van der Waals surface area (Å²) >= 11 is 0. The average molecular weight is 482 g/mol. The quantitative estimate of drug-likeness (QED) is 0.314. The topological polar surface area (TPSA) is 90.0 Å². The number of hydrogen-bond acceptors (Lipinski definition) is 6.